The quantitative estimate of drug-likeness (QED) is 0.501. The van der Waals surface area contributed by atoms with Gasteiger partial charge in [-0.2, -0.15) is 5.10 Å². The van der Waals surface area contributed by atoms with E-state index in [1.165, 1.54) is 0 Å². The molecule has 0 fully saturated rings. The number of benzene rings is 2. The van der Waals surface area contributed by atoms with Gasteiger partial charge in [0.2, 0.25) is 0 Å². The first-order chi connectivity index (χ1) is 14.5. The topological polar surface area (TPSA) is 59.8 Å². The van der Waals surface area contributed by atoms with E-state index in [1.807, 2.05) is 73.3 Å². The maximum Gasteiger partial charge on any atom is 0.252 e. The van der Waals surface area contributed by atoms with Gasteiger partial charge in [-0.25, -0.2) is 4.98 Å². The van der Waals surface area contributed by atoms with Gasteiger partial charge in [-0.15, -0.1) is 0 Å². The molecule has 0 unspecified atom stereocenters. The maximum absolute atomic E-state index is 13.3. The molecule has 2 aromatic heterocycles. The zero-order valence-corrected chi connectivity index (χ0v) is 17.8. The first-order valence-electron chi connectivity index (χ1n) is 10.3. The Hall–Kier alpha value is -3.47. The second-order valence-electron chi connectivity index (χ2n) is 7.61. The van der Waals surface area contributed by atoms with E-state index in [2.05, 4.69) is 30.3 Å². The van der Waals surface area contributed by atoms with Crippen molar-refractivity contribution in [3.8, 4) is 11.3 Å². The number of aromatic nitrogens is 3. The highest BCUT2D eigenvalue weighted by Crippen LogP contribution is 2.27. The largest absolute Gasteiger partial charge is 0.345 e. The van der Waals surface area contributed by atoms with Crippen LogP contribution in [0.25, 0.3) is 22.2 Å². The molecule has 2 heterocycles. The summed E-state index contributed by atoms with van der Waals surface area (Å²) in [7, 11) is 0. The monoisotopic (exact) mass is 398 g/mol. The molecular formula is C25H26N4O. The van der Waals surface area contributed by atoms with Gasteiger partial charge in [0, 0.05) is 29.3 Å². The lowest BCUT2D eigenvalue weighted by atomic mass is 10.0. The van der Waals surface area contributed by atoms with Crippen molar-refractivity contribution in [2.45, 2.75) is 40.3 Å². The molecule has 30 heavy (non-hydrogen) atoms. The Morgan fingerprint density at radius 1 is 1.10 bits per heavy atom. The van der Waals surface area contributed by atoms with Crippen molar-refractivity contribution in [2.75, 3.05) is 0 Å². The molecule has 1 atom stereocenters. The molecule has 5 heteroatoms. The van der Waals surface area contributed by atoms with Crippen molar-refractivity contribution in [1.29, 1.82) is 0 Å². The van der Waals surface area contributed by atoms with Crippen molar-refractivity contribution in [3.63, 3.8) is 0 Å². The Balaban J connectivity index is 1.74. The highest BCUT2D eigenvalue weighted by atomic mass is 16.1. The van der Waals surface area contributed by atoms with Crippen molar-refractivity contribution in [1.82, 2.24) is 20.1 Å². The first-order valence-corrected chi connectivity index (χ1v) is 10.3. The Morgan fingerprint density at radius 3 is 2.57 bits per heavy atom. The molecule has 1 N–H and O–H groups in total. The summed E-state index contributed by atoms with van der Waals surface area (Å²) in [5, 5.41) is 8.50. The van der Waals surface area contributed by atoms with Crippen molar-refractivity contribution in [2.24, 2.45) is 0 Å². The number of rotatable bonds is 5. The van der Waals surface area contributed by atoms with Crippen LogP contribution >= 0.6 is 0 Å². The van der Waals surface area contributed by atoms with Crippen LogP contribution in [0.1, 0.15) is 47.1 Å². The number of hydrogen-bond donors (Lipinski definition) is 1. The third-order valence-corrected chi connectivity index (χ3v) is 5.50. The standard InChI is InChI=1S/C25H26N4O/c1-5-29-15-22(18(4)28-29)17(3)26-25(30)21-14-24(19-11-7-6-10-16(19)2)27-23-13-9-8-12-20(21)23/h6-15,17H,5H2,1-4H3,(H,26,30)/t17-/m0/s1. The molecule has 0 aliphatic carbocycles. The molecule has 0 radical (unpaired) electrons. The lowest BCUT2D eigenvalue weighted by Crippen LogP contribution is -2.27. The predicted octanol–water partition coefficient (Wildman–Crippen LogP) is 5.23. The molecule has 4 rings (SSSR count). The van der Waals surface area contributed by atoms with Crippen LogP contribution in [0.3, 0.4) is 0 Å². The van der Waals surface area contributed by atoms with E-state index in [1.54, 1.807) is 0 Å². The normalized spacial score (nSPS) is 12.1. The lowest BCUT2D eigenvalue weighted by molar-refractivity contribution is 0.0941. The minimum Gasteiger partial charge on any atom is -0.345 e. The molecule has 0 spiro atoms. The van der Waals surface area contributed by atoms with Crippen LogP contribution in [0.15, 0.2) is 60.8 Å². The van der Waals surface area contributed by atoms with E-state index in [-0.39, 0.29) is 11.9 Å². The third kappa shape index (κ3) is 3.71. The molecule has 0 bridgehead atoms. The predicted molar refractivity (Wildman–Crippen MR) is 120 cm³/mol. The number of aryl methyl sites for hydroxylation is 3. The highest BCUT2D eigenvalue weighted by molar-refractivity contribution is 6.07. The number of amides is 1. The van der Waals surface area contributed by atoms with Crippen molar-refractivity contribution < 1.29 is 4.79 Å². The van der Waals surface area contributed by atoms with Gasteiger partial charge in [-0.3, -0.25) is 9.48 Å². The number of carbonyl (C=O) groups excluding carboxylic acids is 1. The van der Waals surface area contributed by atoms with Crippen molar-refractivity contribution in [3.05, 3.63) is 83.2 Å². The fourth-order valence-corrected chi connectivity index (χ4v) is 3.83. The van der Waals surface area contributed by atoms with Gasteiger partial charge in [0.15, 0.2) is 0 Å². The number of carbonyl (C=O) groups is 1. The molecule has 4 aromatic rings. The summed E-state index contributed by atoms with van der Waals surface area (Å²) in [5.41, 5.74) is 6.37. The minimum absolute atomic E-state index is 0.111. The maximum atomic E-state index is 13.3. The second kappa shape index (κ2) is 8.11. The van der Waals surface area contributed by atoms with E-state index in [9.17, 15) is 4.79 Å². The fourth-order valence-electron chi connectivity index (χ4n) is 3.83. The summed E-state index contributed by atoms with van der Waals surface area (Å²) in [4.78, 5) is 18.2. The number of pyridine rings is 1. The van der Waals surface area contributed by atoms with Crippen LogP contribution in [0.5, 0.6) is 0 Å². The smallest absolute Gasteiger partial charge is 0.252 e. The fraction of sp³-hybridized carbons (Fsp3) is 0.240. The second-order valence-corrected chi connectivity index (χ2v) is 7.61. The van der Waals surface area contributed by atoms with Gasteiger partial charge >= 0.3 is 0 Å². The van der Waals surface area contributed by atoms with E-state index in [0.717, 1.165) is 45.5 Å². The molecule has 0 aliphatic heterocycles. The van der Waals surface area contributed by atoms with Crippen LogP contribution < -0.4 is 5.32 Å². The number of nitrogens with zero attached hydrogens (tertiary/aromatic N) is 3. The number of nitrogens with one attached hydrogen (secondary N) is 1. The van der Waals surface area contributed by atoms with Gasteiger partial charge in [-0.1, -0.05) is 42.5 Å². The number of fused-ring (bicyclic) bond motifs is 1. The average molecular weight is 399 g/mol. The Labute approximate surface area is 176 Å². The Morgan fingerprint density at radius 2 is 1.83 bits per heavy atom. The van der Waals surface area contributed by atoms with Crippen LogP contribution in [-0.2, 0) is 6.54 Å². The third-order valence-electron chi connectivity index (χ3n) is 5.50. The Kier molecular flexibility index (Phi) is 5.36. The van der Waals surface area contributed by atoms with E-state index in [4.69, 9.17) is 4.98 Å². The van der Waals surface area contributed by atoms with Gasteiger partial charge in [0.05, 0.1) is 28.5 Å². The number of hydrogen-bond acceptors (Lipinski definition) is 3. The molecule has 152 valence electrons. The summed E-state index contributed by atoms with van der Waals surface area (Å²) in [6, 6.07) is 17.6. The molecule has 1 amide bonds. The minimum atomic E-state index is -0.147. The number of para-hydroxylation sites is 1. The zero-order chi connectivity index (χ0) is 21.3. The Bertz CT molecular complexity index is 1230. The van der Waals surface area contributed by atoms with Crippen LogP contribution in [0.2, 0.25) is 0 Å². The molecule has 0 saturated heterocycles. The van der Waals surface area contributed by atoms with Gasteiger partial charge in [-0.05, 0) is 45.4 Å². The molecule has 0 aliphatic rings. The summed E-state index contributed by atoms with van der Waals surface area (Å²) >= 11 is 0. The molecular weight excluding hydrogens is 372 g/mol. The molecule has 2 aromatic carbocycles. The van der Waals surface area contributed by atoms with E-state index in [0.29, 0.717) is 5.56 Å². The first kappa shape index (κ1) is 19.8. The van der Waals surface area contributed by atoms with Gasteiger partial charge < -0.3 is 5.32 Å². The van der Waals surface area contributed by atoms with E-state index >= 15 is 0 Å². The SMILES string of the molecule is CCn1cc([C@H](C)NC(=O)c2cc(-c3ccccc3C)nc3ccccc23)c(C)n1. The summed E-state index contributed by atoms with van der Waals surface area (Å²) in [6.07, 6.45) is 2.00. The van der Waals surface area contributed by atoms with Gasteiger partial charge in [0.25, 0.3) is 5.91 Å². The lowest BCUT2D eigenvalue weighted by Gasteiger charge is -2.16. The van der Waals surface area contributed by atoms with Crippen LogP contribution in [-0.4, -0.2) is 20.7 Å². The van der Waals surface area contributed by atoms with Crippen molar-refractivity contribution >= 4 is 16.8 Å². The summed E-state index contributed by atoms with van der Waals surface area (Å²) in [6.45, 7) is 8.88. The molecule has 0 saturated carbocycles. The summed E-state index contributed by atoms with van der Waals surface area (Å²) in [5.74, 6) is -0.111. The average Bonchev–Trinajstić information content (AvgIpc) is 3.14. The van der Waals surface area contributed by atoms with Crippen LogP contribution in [0, 0.1) is 13.8 Å². The highest BCUT2D eigenvalue weighted by Gasteiger charge is 2.19. The van der Waals surface area contributed by atoms with Gasteiger partial charge in [0.1, 0.15) is 0 Å². The molecule has 5 nitrogen and oxygen atoms in total. The van der Waals surface area contributed by atoms with Crippen LogP contribution in [0.4, 0.5) is 0 Å². The summed E-state index contributed by atoms with van der Waals surface area (Å²) < 4.78 is 1.89. The van der Waals surface area contributed by atoms with E-state index < -0.39 is 0 Å². The zero-order valence-electron chi connectivity index (χ0n) is 17.8.